The molecule has 0 aliphatic heterocycles. The maximum Gasteiger partial charge on any atom is 0.241 e. The van der Waals surface area contributed by atoms with Crippen molar-refractivity contribution in [2.75, 3.05) is 34.3 Å². The molecule has 0 atom stereocenters. The third-order valence-electron chi connectivity index (χ3n) is 4.35. The van der Waals surface area contributed by atoms with Crippen LogP contribution in [0.15, 0.2) is 33.8 Å². The molecule has 8 heteroatoms. The summed E-state index contributed by atoms with van der Waals surface area (Å²) in [5.41, 5.74) is 2.96. The second-order valence-corrected chi connectivity index (χ2v) is 6.63. The number of likely N-dealkylation sites (N-methyl/N-ethyl adjacent to an activating group) is 1. The highest BCUT2D eigenvalue weighted by molar-refractivity contribution is 5.86. The van der Waals surface area contributed by atoms with Crippen molar-refractivity contribution in [3.05, 3.63) is 46.8 Å². The van der Waals surface area contributed by atoms with Crippen LogP contribution in [-0.2, 0) is 17.8 Å². The predicted molar refractivity (Wildman–Crippen MR) is 109 cm³/mol. The Hall–Kier alpha value is -3.03. The standard InChI is InChI=1S/C20H29N5O3/c1-14-18(15(2)28-24-14)12-22-20(23-13-19(26)25(3)4)21-11-10-16-6-8-17(27-5)9-7-16/h6-9H,10-13H2,1-5H3,(H2,21,22,23). The molecule has 0 saturated carbocycles. The van der Waals surface area contributed by atoms with Crippen LogP contribution in [0.4, 0.5) is 0 Å². The topological polar surface area (TPSA) is 92.0 Å². The molecule has 1 aromatic carbocycles. The molecule has 2 aromatic rings. The molecule has 0 bridgehead atoms. The number of aryl methyl sites for hydroxylation is 2. The smallest absolute Gasteiger partial charge is 0.241 e. The van der Waals surface area contributed by atoms with Crippen molar-refractivity contribution in [2.45, 2.75) is 26.8 Å². The first-order valence-electron chi connectivity index (χ1n) is 9.17. The number of guanidine groups is 1. The second-order valence-electron chi connectivity index (χ2n) is 6.63. The third kappa shape index (κ3) is 6.29. The maximum atomic E-state index is 11.9. The Balaban J connectivity index is 1.98. The molecule has 28 heavy (non-hydrogen) atoms. The number of hydrogen-bond acceptors (Lipinski definition) is 5. The molecular weight excluding hydrogens is 358 g/mol. The largest absolute Gasteiger partial charge is 0.497 e. The van der Waals surface area contributed by atoms with Gasteiger partial charge in [-0.2, -0.15) is 0 Å². The van der Waals surface area contributed by atoms with E-state index in [1.807, 2.05) is 38.1 Å². The lowest BCUT2D eigenvalue weighted by Crippen LogP contribution is -2.43. The molecule has 0 spiro atoms. The van der Waals surface area contributed by atoms with Crippen LogP contribution in [0.2, 0.25) is 0 Å². The van der Waals surface area contributed by atoms with Crippen LogP contribution in [-0.4, -0.2) is 56.2 Å². The zero-order valence-electron chi connectivity index (χ0n) is 17.2. The summed E-state index contributed by atoms with van der Waals surface area (Å²) in [4.78, 5) is 18.0. The normalized spacial score (nSPS) is 11.2. The fourth-order valence-electron chi connectivity index (χ4n) is 2.49. The van der Waals surface area contributed by atoms with E-state index in [0.717, 1.165) is 29.2 Å². The van der Waals surface area contributed by atoms with E-state index in [4.69, 9.17) is 9.26 Å². The van der Waals surface area contributed by atoms with Crippen LogP contribution in [0.25, 0.3) is 0 Å². The van der Waals surface area contributed by atoms with E-state index in [2.05, 4.69) is 20.8 Å². The lowest BCUT2D eigenvalue weighted by atomic mass is 10.1. The minimum absolute atomic E-state index is 0.0259. The maximum absolute atomic E-state index is 11.9. The van der Waals surface area contributed by atoms with Crippen LogP contribution in [0, 0.1) is 13.8 Å². The number of hydrogen-bond donors (Lipinski definition) is 2. The summed E-state index contributed by atoms with van der Waals surface area (Å²) in [6.07, 6.45) is 0.817. The molecule has 0 aliphatic rings. The monoisotopic (exact) mass is 387 g/mol. The first-order valence-corrected chi connectivity index (χ1v) is 9.17. The van der Waals surface area contributed by atoms with Crippen molar-refractivity contribution in [1.29, 1.82) is 0 Å². The van der Waals surface area contributed by atoms with E-state index >= 15 is 0 Å². The van der Waals surface area contributed by atoms with E-state index in [0.29, 0.717) is 19.0 Å². The Morgan fingerprint density at radius 2 is 1.93 bits per heavy atom. The van der Waals surface area contributed by atoms with Gasteiger partial charge in [-0.3, -0.25) is 4.79 Å². The minimum Gasteiger partial charge on any atom is -0.497 e. The quantitative estimate of drug-likeness (QED) is 0.529. The molecular formula is C20H29N5O3. The van der Waals surface area contributed by atoms with E-state index in [1.54, 1.807) is 21.2 Å². The summed E-state index contributed by atoms with van der Waals surface area (Å²) in [5, 5.41) is 10.3. The molecule has 0 aliphatic carbocycles. The van der Waals surface area contributed by atoms with Crippen LogP contribution < -0.4 is 15.4 Å². The third-order valence-corrected chi connectivity index (χ3v) is 4.35. The average molecular weight is 387 g/mol. The zero-order chi connectivity index (χ0) is 20.5. The van der Waals surface area contributed by atoms with Crippen LogP contribution >= 0.6 is 0 Å². The summed E-state index contributed by atoms with van der Waals surface area (Å²) in [5.74, 6) is 2.14. The number of nitrogens with one attached hydrogen (secondary N) is 2. The van der Waals surface area contributed by atoms with Gasteiger partial charge in [0, 0.05) is 26.2 Å². The molecule has 1 heterocycles. The Labute approximate surface area is 165 Å². The number of benzene rings is 1. The second kappa shape index (κ2) is 10.3. The van der Waals surface area contributed by atoms with Gasteiger partial charge in [-0.1, -0.05) is 17.3 Å². The number of nitrogens with zero attached hydrogens (tertiary/aromatic N) is 3. The molecule has 0 saturated heterocycles. The molecule has 8 nitrogen and oxygen atoms in total. The van der Waals surface area contributed by atoms with Crippen LogP contribution in [0.5, 0.6) is 5.75 Å². The number of aliphatic imine (C=N–C) groups is 1. The van der Waals surface area contributed by atoms with Gasteiger partial charge in [-0.25, -0.2) is 4.99 Å². The summed E-state index contributed by atoms with van der Waals surface area (Å²) in [6, 6.07) is 7.94. The number of methoxy groups -OCH3 is 1. The Morgan fingerprint density at radius 1 is 1.21 bits per heavy atom. The predicted octanol–water partition coefficient (Wildman–Crippen LogP) is 1.67. The minimum atomic E-state index is -0.0259. The lowest BCUT2D eigenvalue weighted by Gasteiger charge is -2.15. The average Bonchev–Trinajstić information content (AvgIpc) is 3.01. The summed E-state index contributed by atoms with van der Waals surface area (Å²) < 4.78 is 10.4. The van der Waals surface area contributed by atoms with Crippen molar-refractivity contribution in [3.63, 3.8) is 0 Å². The van der Waals surface area contributed by atoms with Gasteiger partial charge in [0.05, 0.1) is 25.9 Å². The lowest BCUT2D eigenvalue weighted by molar-refractivity contribution is -0.127. The van der Waals surface area contributed by atoms with Crippen molar-refractivity contribution in [1.82, 2.24) is 20.7 Å². The van der Waals surface area contributed by atoms with Crippen molar-refractivity contribution in [2.24, 2.45) is 4.99 Å². The molecule has 0 fully saturated rings. The van der Waals surface area contributed by atoms with Crippen molar-refractivity contribution < 1.29 is 14.1 Å². The van der Waals surface area contributed by atoms with Gasteiger partial charge in [-0.15, -0.1) is 0 Å². The number of rotatable bonds is 8. The van der Waals surface area contributed by atoms with Crippen LogP contribution in [0.1, 0.15) is 22.6 Å². The summed E-state index contributed by atoms with van der Waals surface area (Å²) >= 11 is 0. The van der Waals surface area contributed by atoms with Crippen molar-refractivity contribution >= 4 is 11.9 Å². The SMILES string of the molecule is COc1ccc(CCNC(=NCc2c(C)noc2C)NCC(=O)N(C)C)cc1. The van der Waals surface area contributed by atoms with Gasteiger partial charge >= 0.3 is 0 Å². The van der Waals surface area contributed by atoms with E-state index in [-0.39, 0.29) is 12.5 Å². The molecule has 0 unspecified atom stereocenters. The Bertz CT molecular complexity index is 777. The van der Waals surface area contributed by atoms with Gasteiger partial charge in [0.2, 0.25) is 5.91 Å². The molecule has 1 amide bonds. The fraction of sp³-hybridized carbons (Fsp3) is 0.450. The Morgan fingerprint density at radius 3 is 2.50 bits per heavy atom. The fourth-order valence-corrected chi connectivity index (χ4v) is 2.49. The van der Waals surface area contributed by atoms with Gasteiger partial charge < -0.3 is 24.8 Å². The molecule has 152 valence electrons. The molecule has 1 aromatic heterocycles. The first kappa shape index (κ1) is 21.3. The number of carbonyl (C=O) groups is 1. The highest BCUT2D eigenvalue weighted by Crippen LogP contribution is 2.13. The first-order chi connectivity index (χ1) is 13.4. The summed E-state index contributed by atoms with van der Waals surface area (Å²) in [6.45, 7) is 5.03. The van der Waals surface area contributed by atoms with E-state index in [1.165, 1.54) is 10.5 Å². The molecule has 0 radical (unpaired) electrons. The highest BCUT2D eigenvalue weighted by atomic mass is 16.5. The molecule has 2 N–H and O–H groups in total. The number of amides is 1. The van der Waals surface area contributed by atoms with Gasteiger partial charge in [-0.05, 0) is 38.0 Å². The van der Waals surface area contributed by atoms with Gasteiger partial charge in [0.15, 0.2) is 5.96 Å². The van der Waals surface area contributed by atoms with E-state index in [9.17, 15) is 4.79 Å². The highest BCUT2D eigenvalue weighted by Gasteiger charge is 2.10. The number of carbonyl (C=O) groups excluding carboxylic acids is 1. The van der Waals surface area contributed by atoms with Gasteiger partial charge in [0.25, 0.3) is 0 Å². The summed E-state index contributed by atoms with van der Waals surface area (Å²) in [7, 11) is 5.10. The Kier molecular flexibility index (Phi) is 7.86. The molecule has 2 rings (SSSR count). The van der Waals surface area contributed by atoms with Crippen LogP contribution in [0.3, 0.4) is 0 Å². The van der Waals surface area contributed by atoms with Crippen molar-refractivity contribution in [3.8, 4) is 5.75 Å². The van der Waals surface area contributed by atoms with Gasteiger partial charge in [0.1, 0.15) is 11.5 Å². The zero-order valence-corrected chi connectivity index (χ0v) is 17.2. The van der Waals surface area contributed by atoms with E-state index < -0.39 is 0 Å². The number of ether oxygens (including phenoxy) is 1. The number of aromatic nitrogens is 1.